The van der Waals surface area contributed by atoms with E-state index in [-0.39, 0.29) is 31.4 Å². The molecule has 3 rings (SSSR count). The largest absolute Gasteiger partial charge is 0.466 e. The quantitative estimate of drug-likeness (QED) is 0.417. The zero-order chi connectivity index (χ0) is 23.5. The Morgan fingerprint density at radius 1 is 1.09 bits per heavy atom. The highest BCUT2D eigenvalue weighted by atomic mass is 127. The van der Waals surface area contributed by atoms with Crippen LogP contribution in [-0.4, -0.2) is 40.4 Å². The van der Waals surface area contributed by atoms with Gasteiger partial charge in [-0.2, -0.15) is 0 Å². The molecule has 2 aromatic rings. The van der Waals surface area contributed by atoms with Crippen LogP contribution in [-0.2, 0) is 20.9 Å². The molecule has 170 valence electrons. The maximum Gasteiger partial charge on any atom is 0.311 e. The van der Waals surface area contributed by atoms with Crippen molar-refractivity contribution in [3.8, 4) is 0 Å². The Bertz CT molecular complexity index is 1000. The minimum Gasteiger partial charge on any atom is -0.466 e. The average Bonchev–Trinajstić information content (AvgIpc) is 3.49. The van der Waals surface area contributed by atoms with Crippen molar-refractivity contribution < 1.29 is 19.1 Å². The van der Waals surface area contributed by atoms with Gasteiger partial charge in [0, 0.05) is 15.7 Å². The number of nitrogens with zero attached hydrogens (tertiary/aromatic N) is 1. The van der Waals surface area contributed by atoms with Crippen LogP contribution in [0.1, 0.15) is 50.0 Å². The summed E-state index contributed by atoms with van der Waals surface area (Å²) in [6.45, 7) is 7.79. The number of amides is 2. The molecular formula is C25H29IN2O4. The lowest BCUT2D eigenvalue weighted by Crippen LogP contribution is -2.57. The molecule has 0 heterocycles. The molecule has 1 aliphatic rings. The number of nitrogens with one attached hydrogen (secondary N) is 1. The summed E-state index contributed by atoms with van der Waals surface area (Å²) < 4.78 is 6.04. The molecule has 0 spiro atoms. The van der Waals surface area contributed by atoms with Crippen LogP contribution in [0, 0.1) is 9.49 Å². The van der Waals surface area contributed by atoms with Crippen molar-refractivity contribution in [2.75, 3.05) is 6.61 Å². The first kappa shape index (κ1) is 24.2. The summed E-state index contributed by atoms with van der Waals surface area (Å²) in [6, 6.07) is 16.8. The molecule has 0 bridgehead atoms. The molecule has 0 aliphatic heterocycles. The van der Waals surface area contributed by atoms with Crippen LogP contribution < -0.4 is 5.32 Å². The first-order chi connectivity index (χ1) is 15.1. The first-order valence-corrected chi connectivity index (χ1v) is 11.8. The fourth-order valence-electron chi connectivity index (χ4n) is 3.83. The lowest BCUT2D eigenvalue weighted by atomic mass is 10.0. The van der Waals surface area contributed by atoms with Gasteiger partial charge in [-0.3, -0.25) is 14.4 Å². The van der Waals surface area contributed by atoms with Gasteiger partial charge in [0.25, 0.3) is 5.91 Å². The monoisotopic (exact) mass is 548 g/mol. The highest BCUT2D eigenvalue weighted by molar-refractivity contribution is 14.1. The Morgan fingerprint density at radius 2 is 1.72 bits per heavy atom. The van der Waals surface area contributed by atoms with E-state index in [1.807, 2.05) is 63.2 Å². The molecule has 2 amide bonds. The Balaban J connectivity index is 2.09. The number of hydrogen-bond acceptors (Lipinski definition) is 4. The molecule has 1 aliphatic carbocycles. The molecule has 1 N–H and O–H groups in total. The topological polar surface area (TPSA) is 75.7 Å². The van der Waals surface area contributed by atoms with Gasteiger partial charge in [-0.15, -0.1) is 0 Å². The minimum absolute atomic E-state index is 0.206. The second-order valence-electron chi connectivity index (χ2n) is 8.99. The maximum absolute atomic E-state index is 13.8. The summed E-state index contributed by atoms with van der Waals surface area (Å²) in [5.74, 6) is -1.78. The van der Waals surface area contributed by atoms with Crippen LogP contribution in [0.3, 0.4) is 0 Å². The van der Waals surface area contributed by atoms with Crippen LogP contribution in [0.4, 0.5) is 0 Å². The Kier molecular flexibility index (Phi) is 7.27. The zero-order valence-corrected chi connectivity index (χ0v) is 21.0. The summed E-state index contributed by atoms with van der Waals surface area (Å²) in [6.07, 6.45) is 0.232. The van der Waals surface area contributed by atoms with Crippen LogP contribution in [0.15, 0.2) is 54.6 Å². The van der Waals surface area contributed by atoms with Crippen molar-refractivity contribution in [1.82, 2.24) is 10.2 Å². The Labute approximate surface area is 202 Å². The molecule has 6 nitrogen and oxygen atoms in total. The highest BCUT2D eigenvalue weighted by Gasteiger charge is 2.69. The molecule has 1 fully saturated rings. The van der Waals surface area contributed by atoms with Crippen LogP contribution in [0.2, 0.25) is 0 Å². The third kappa shape index (κ3) is 5.14. The Morgan fingerprint density at radius 3 is 2.31 bits per heavy atom. The molecule has 2 aromatic carbocycles. The molecule has 32 heavy (non-hydrogen) atoms. The number of carbonyl (C=O) groups is 3. The van der Waals surface area contributed by atoms with Gasteiger partial charge in [0.2, 0.25) is 5.91 Å². The highest BCUT2D eigenvalue weighted by Crippen LogP contribution is 2.51. The van der Waals surface area contributed by atoms with Gasteiger partial charge in [-0.05, 0) is 74.4 Å². The van der Waals surface area contributed by atoms with E-state index in [0.717, 1.165) is 9.13 Å². The summed E-state index contributed by atoms with van der Waals surface area (Å²) in [5, 5.41) is 2.99. The summed E-state index contributed by atoms with van der Waals surface area (Å²) in [4.78, 5) is 41.7. The van der Waals surface area contributed by atoms with Crippen molar-refractivity contribution in [3.63, 3.8) is 0 Å². The van der Waals surface area contributed by atoms with Crippen LogP contribution in [0.25, 0.3) is 0 Å². The predicted octanol–water partition coefficient (Wildman–Crippen LogP) is 4.17. The summed E-state index contributed by atoms with van der Waals surface area (Å²) >= 11 is 2.12. The van der Waals surface area contributed by atoms with Crippen molar-refractivity contribution in [2.45, 2.75) is 51.7 Å². The third-order valence-electron chi connectivity index (χ3n) is 5.40. The lowest BCUT2D eigenvalue weighted by molar-refractivity contribution is -0.147. The average molecular weight is 548 g/mol. The van der Waals surface area contributed by atoms with E-state index in [1.165, 1.54) is 0 Å². The number of benzene rings is 2. The Hall–Kier alpha value is -2.42. The maximum atomic E-state index is 13.8. The third-order valence-corrected chi connectivity index (χ3v) is 6.34. The van der Waals surface area contributed by atoms with Crippen molar-refractivity contribution in [3.05, 3.63) is 69.3 Å². The molecule has 0 radical (unpaired) electrons. The summed E-state index contributed by atoms with van der Waals surface area (Å²) in [5.41, 5.74) is -0.439. The normalized spacial score (nSPS) is 19.7. The second kappa shape index (κ2) is 9.60. The van der Waals surface area contributed by atoms with Gasteiger partial charge in [0.15, 0.2) is 0 Å². The fraction of sp³-hybridized carbons (Fsp3) is 0.400. The van der Waals surface area contributed by atoms with Crippen molar-refractivity contribution in [1.29, 1.82) is 0 Å². The van der Waals surface area contributed by atoms with Crippen LogP contribution >= 0.6 is 22.6 Å². The SMILES string of the molecule is CCOC(=O)[C@@H]1C[C@]1(C(=O)NC(C)(C)C)N(Cc1ccccc1)C(=O)c1ccccc1I. The smallest absolute Gasteiger partial charge is 0.311 e. The van der Waals surface area contributed by atoms with Gasteiger partial charge in [0.1, 0.15) is 5.54 Å². The molecule has 1 saturated carbocycles. The molecular weight excluding hydrogens is 519 g/mol. The van der Waals surface area contributed by atoms with Gasteiger partial charge in [-0.1, -0.05) is 42.5 Å². The number of halogens is 1. The van der Waals surface area contributed by atoms with Crippen LogP contribution in [0.5, 0.6) is 0 Å². The zero-order valence-electron chi connectivity index (χ0n) is 18.9. The van der Waals surface area contributed by atoms with E-state index in [4.69, 9.17) is 4.74 Å². The van der Waals surface area contributed by atoms with E-state index < -0.39 is 23.0 Å². The number of ether oxygens (including phenoxy) is 1. The van der Waals surface area contributed by atoms with E-state index in [2.05, 4.69) is 27.9 Å². The summed E-state index contributed by atoms with van der Waals surface area (Å²) in [7, 11) is 0. The minimum atomic E-state index is -1.30. The second-order valence-corrected chi connectivity index (χ2v) is 10.2. The van der Waals surface area contributed by atoms with E-state index in [0.29, 0.717) is 5.56 Å². The van der Waals surface area contributed by atoms with E-state index in [9.17, 15) is 14.4 Å². The first-order valence-electron chi connectivity index (χ1n) is 10.7. The van der Waals surface area contributed by atoms with E-state index in [1.54, 1.807) is 24.0 Å². The number of esters is 1. The van der Waals surface area contributed by atoms with Gasteiger partial charge in [-0.25, -0.2) is 0 Å². The van der Waals surface area contributed by atoms with Gasteiger partial charge in [0.05, 0.1) is 18.1 Å². The predicted molar refractivity (Wildman–Crippen MR) is 131 cm³/mol. The molecule has 2 atom stereocenters. The molecule has 0 saturated heterocycles. The van der Waals surface area contributed by atoms with Crippen molar-refractivity contribution >= 4 is 40.4 Å². The molecule has 0 unspecified atom stereocenters. The number of hydrogen-bond donors (Lipinski definition) is 1. The standard InChI is InChI=1S/C25H29IN2O4/c1-5-32-22(30)19-15-25(19,23(31)27-24(2,3)4)28(16-17-11-7-6-8-12-17)21(29)18-13-9-10-14-20(18)26/h6-14,19H,5,15-16H2,1-4H3,(H,27,31)/t19-,25-/m0/s1. The lowest BCUT2D eigenvalue weighted by Gasteiger charge is -2.35. The van der Waals surface area contributed by atoms with Crippen molar-refractivity contribution in [2.24, 2.45) is 5.92 Å². The number of rotatable bonds is 7. The number of carbonyl (C=O) groups excluding carboxylic acids is 3. The van der Waals surface area contributed by atoms with Gasteiger partial charge < -0.3 is 15.0 Å². The fourth-order valence-corrected chi connectivity index (χ4v) is 4.45. The molecule has 0 aromatic heterocycles. The van der Waals surface area contributed by atoms with Gasteiger partial charge >= 0.3 is 5.97 Å². The molecule has 7 heteroatoms. The van der Waals surface area contributed by atoms with E-state index >= 15 is 0 Å².